The van der Waals surface area contributed by atoms with Crippen molar-refractivity contribution >= 4 is 32.8 Å². The summed E-state index contributed by atoms with van der Waals surface area (Å²) in [5.41, 5.74) is 9.57. The zero-order valence-corrected chi connectivity index (χ0v) is 30.4. The third kappa shape index (κ3) is 4.16. The van der Waals surface area contributed by atoms with Crippen molar-refractivity contribution in [1.29, 1.82) is 0 Å². The third-order valence-corrected chi connectivity index (χ3v) is 12.9. The summed E-state index contributed by atoms with van der Waals surface area (Å²) in [6.45, 7) is 16.6. The second-order valence-electron chi connectivity index (χ2n) is 14.6. The van der Waals surface area contributed by atoms with E-state index in [-0.39, 0.29) is 16.2 Å². The van der Waals surface area contributed by atoms with Crippen molar-refractivity contribution in [1.82, 2.24) is 23.7 Å². The van der Waals surface area contributed by atoms with Gasteiger partial charge in [0.1, 0.15) is 0 Å². The summed E-state index contributed by atoms with van der Waals surface area (Å²) in [7, 11) is 2.09. The molecule has 7 aromatic rings. The molecule has 4 aromatic heterocycles. The molecule has 0 bridgehead atoms. The van der Waals surface area contributed by atoms with Crippen molar-refractivity contribution in [2.45, 2.75) is 59.3 Å². The van der Waals surface area contributed by atoms with Crippen LogP contribution in [0.1, 0.15) is 58.2 Å². The minimum atomic E-state index is -0.00637. The molecule has 1 aliphatic rings. The molecule has 0 saturated heterocycles. The summed E-state index contributed by atoms with van der Waals surface area (Å²) in [6.07, 6.45) is 5.56. The number of aromatic nitrogens is 5. The van der Waals surface area contributed by atoms with Gasteiger partial charge in [-0.25, -0.2) is 0 Å². The Hall–Kier alpha value is -4.28. The Morgan fingerprint density at radius 3 is 2.13 bits per heavy atom. The van der Waals surface area contributed by atoms with E-state index in [1.54, 1.807) is 6.20 Å². The Balaban J connectivity index is 1.30. The van der Waals surface area contributed by atoms with E-state index in [9.17, 15) is 0 Å². The summed E-state index contributed by atoms with van der Waals surface area (Å²) in [5.74, 6) is 2.33. The predicted octanol–water partition coefficient (Wildman–Crippen LogP) is 9.63. The van der Waals surface area contributed by atoms with E-state index in [1.165, 1.54) is 33.0 Å². The standard InChI is InChI=1S/C40H39N5O.Pt/c1-25-15-16-42-37(17-25)45-35-19-27(46-28-18-26(22-41-23-28)44-24-43(8)33-11-9-10-12-34(33)44)13-14-29(35)30-20-31-32(21-36(30)45)39(4,5)40(6,7)38(31,2)3;/h9-23H,1-8H3;. The molecule has 6 nitrogen and oxygen atoms in total. The van der Waals surface area contributed by atoms with Crippen molar-refractivity contribution in [2.24, 2.45) is 12.5 Å². The smallest absolute Gasteiger partial charge is 0.0582 e. The Morgan fingerprint density at radius 2 is 1.38 bits per heavy atom. The van der Waals surface area contributed by atoms with Crippen LogP contribution in [0.4, 0.5) is 0 Å². The van der Waals surface area contributed by atoms with Crippen molar-refractivity contribution < 1.29 is 24.1 Å². The van der Waals surface area contributed by atoms with Crippen LogP contribution in [0.25, 0.3) is 44.3 Å². The number of hydrogen-bond acceptors (Lipinski definition) is 3. The summed E-state index contributed by atoms with van der Waals surface area (Å²) in [6, 6.07) is 26.0. The van der Waals surface area contributed by atoms with E-state index in [2.05, 4.69) is 160 Å². The van der Waals surface area contributed by atoms with E-state index >= 15 is 0 Å². The molecular formula is C40H39N5OPt. The van der Waals surface area contributed by atoms with Gasteiger partial charge in [-0.3, -0.25) is 0 Å². The maximum absolute atomic E-state index is 6.57. The summed E-state index contributed by atoms with van der Waals surface area (Å²) >= 11 is 2.37. The number of pyridine rings is 2. The van der Waals surface area contributed by atoms with Gasteiger partial charge in [-0.05, 0) is 45.9 Å². The number of imidazole rings is 1. The number of benzene rings is 3. The van der Waals surface area contributed by atoms with Crippen LogP contribution in [-0.2, 0) is 37.2 Å². The molecule has 0 fully saturated rings. The fraction of sp³-hybridized carbons (Fsp3) is 0.275. The number of fused-ring (bicyclic) bond motifs is 5. The molecule has 0 amide bonds. The van der Waals surface area contributed by atoms with Gasteiger partial charge in [0.15, 0.2) is 0 Å². The fourth-order valence-corrected chi connectivity index (χ4v) is 8.56. The first-order chi connectivity index (χ1) is 22.3. The van der Waals surface area contributed by atoms with Gasteiger partial charge < -0.3 is 0 Å². The van der Waals surface area contributed by atoms with Crippen molar-refractivity contribution in [3.8, 4) is 23.0 Å². The molecule has 47 heavy (non-hydrogen) atoms. The topological polar surface area (TPSA) is 49.8 Å². The van der Waals surface area contributed by atoms with Gasteiger partial charge in [-0.1, -0.05) is 41.5 Å². The van der Waals surface area contributed by atoms with Crippen molar-refractivity contribution in [3.05, 3.63) is 112 Å². The molecule has 8 rings (SSSR count). The zero-order valence-electron chi connectivity index (χ0n) is 28.1. The first-order valence-corrected chi connectivity index (χ1v) is 17.3. The molecule has 0 atom stereocenters. The summed E-state index contributed by atoms with van der Waals surface area (Å²) in [4.78, 5) is 9.46. The number of rotatable bonds is 4. The second kappa shape index (κ2) is 10.1. The monoisotopic (exact) mass is 800 g/mol. The second-order valence-corrected chi connectivity index (χ2v) is 15.6. The molecule has 0 N–H and O–H groups in total. The van der Waals surface area contributed by atoms with Gasteiger partial charge in [0.25, 0.3) is 0 Å². The average molecular weight is 801 g/mol. The Labute approximate surface area is 286 Å². The molecule has 0 spiro atoms. The zero-order chi connectivity index (χ0) is 33.0. The van der Waals surface area contributed by atoms with Crippen molar-refractivity contribution in [2.75, 3.05) is 0 Å². The molecule has 0 radical (unpaired) electrons. The summed E-state index contributed by atoms with van der Waals surface area (Å²) < 4.78 is 14.4. The van der Waals surface area contributed by atoms with Crippen LogP contribution < -0.4 is 4.74 Å². The molecular weight excluding hydrogens is 762 g/mol. The number of hydrogen-bond donors (Lipinski definition) is 0. The van der Waals surface area contributed by atoms with Crippen LogP contribution in [0.3, 0.4) is 0 Å². The van der Waals surface area contributed by atoms with Crippen LogP contribution in [0.2, 0.25) is 0 Å². The van der Waals surface area contributed by atoms with Crippen LogP contribution in [0.5, 0.6) is 11.5 Å². The normalized spacial score (nSPS) is 16.3. The Morgan fingerprint density at radius 1 is 0.681 bits per heavy atom. The van der Waals surface area contributed by atoms with E-state index in [4.69, 9.17) is 9.72 Å². The van der Waals surface area contributed by atoms with Gasteiger partial charge in [-0.15, -0.1) is 0 Å². The number of aryl methyl sites for hydroxylation is 2. The van der Waals surface area contributed by atoms with E-state index in [1.807, 2.05) is 18.5 Å². The number of ether oxygens (including phenoxy) is 1. The third-order valence-electron chi connectivity index (χ3n) is 11.6. The summed E-state index contributed by atoms with van der Waals surface area (Å²) in [5, 5.41) is 2.42. The maximum atomic E-state index is 6.57. The first kappa shape index (κ1) is 30.1. The molecule has 1 aliphatic carbocycles. The van der Waals surface area contributed by atoms with Crippen LogP contribution in [0, 0.1) is 16.1 Å². The van der Waals surface area contributed by atoms with Crippen LogP contribution in [-0.4, -0.2) is 23.7 Å². The van der Waals surface area contributed by atoms with Crippen LogP contribution >= 0.6 is 0 Å². The van der Waals surface area contributed by atoms with Gasteiger partial charge in [0.05, 0.1) is 0 Å². The molecule has 3 aromatic carbocycles. The van der Waals surface area contributed by atoms with Crippen molar-refractivity contribution in [3.63, 3.8) is 0 Å². The first-order valence-electron chi connectivity index (χ1n) is 16.1. The van der Waals surface area contributed by atoms with E-state index < -0.39 is 0 Å². The number of para-hydroxylation sites is 2. The van der Waals surface area contributed by atoms with Gasteiger partial charge in [0, 0.05) is 6.20 Å². The predicted molar refractivity (Wildman–Crippen MR) is 187 cm³/mol. The Kier molecular flexibility index (Phi) is 6.47. The minimum Gasteiger partial charge on any atom is -0.0582 e. The van der Waals surface area contributed by atoms with E-state index in [0.717, 1.165) is 37.6 Å². The van der Waals surface area contributed by atoms with Gasteiger partial charge in [-0.2, -0.15) is 0 Å². The molecule has 0 saturated carbocycles. The Bertz CT molecular complexity index is 2480. The molecule has 240 valence electrons. The SMILES string of the molecule is Cc1ccnc(-n2c3cc(Oc4cncc(-n5[c](=[Pt])n(C)c6ccccc65)c4)ccc3c3cc4c(cc32)C(C)(C)C(C)(C)C4(C)C)c1. The molecule has 4 heterocycles. The molecule has 7 heteroatoms. The van der Waals surface area contributed by atoms with Gasteiger partial charge >= 0.3 is 194 Å². The number of nitrogens with zero attached hydrogens (tertiary/aromatic N) is 5. The minimum absolute atomic E-state index is 0.00637. The average Bonchev–Trinajstić information content (AvgIpc) is 3.53. The van der Waals surface area contributed by atoms with E-state index in [0.29, 0.717) is 5.75 Å². The molecule has 0 unspecified atom stereocenters. The fourth-order valence-electron chi connectivity index (χ4n) is 7.71. The van der Waals surface area contributed by atoms with Crippen LogP contribution in [0.15, 0.2) is 91.4 Å². The quantitative estimate of drug-likeness (QED) is 0.178. The molecule has 0 aliphatic heterocycles. The van der Waals surface area contributed by atoms with Gasteiger partial charge in [0.2, 0.25) is 0 Å².